The van der Waals surface area contributed by atoms with E-state index in [1.54, 1.807) is 0 Å². The van der Waals surface area contributed by atoms with Crippen LogP contribution in [0, 0.1) is 6.92 Å². The van der Waals surface area contributed by atoms with Gasteiger partial charge in [-0.2, -0.15) is 0 Å². The minimum atomic E-state index is 0.852. The van der Waals surface area contributed by atoms with Crippen LogP contribution in [0.2, 0.25) is 5.02 Å². The molecule has 0 radical (unpaired) electrons. The number of hydrogen-bond acceptors (Lipinski definition) is 1. The summed E-state index contributed by atoms with van der Waals surface area (Å²) in [6.45, 7) is 4.18. The van der Waals surface area contributed by atoms with Crippen molar-refractivity contribution in [1.29, 1.82) is 0 Å². The molecular weight excluding hydrogens is 286 g/mol. The van der Waals surface area contributed by atoms with Crippen LogP contribution in [0.5, 0.6) is 0 Å². The molecule has 0 spiro atoms. The Morgan fingerprint density at radius 1 is 1.38 bits per heavy atom. The van der Waals surface area contributed by atoms with Gasteiger partial charge in [0.1, 0.15) is 0 Å². The smallest absolute Gasteiger partial charge is 0.0721 e. The first-order chi connectivity index (χ1) is 7.63. The van der Waals surface area contributed by atoms with E-state index < -0.39 is 0 Å². The highest BCUT2D eigenvalue weighted by Gasteiger charge is 2.10. The Kier molecular flexibility index (Phi) is 3.50. The Labute approximate surface area is 109 Å². The zero-order valence-electron chi connectivity index (χ0n) is 9.35. The second kappa shape index (κ2) is 4.72. The molecule has 0 aliphatic rings. The van der Waals surface area contributed by atoms with Crippen LogP contribution in [-0.2, 0) is 6.42 Å². The summed E-state index contributed by atoms with van der Waals surface area (Å²) in [5, 5.41) is 1.88. The fourth-order valence-corrected chi connectivity index (χ4v) is 2.64. The number of benzene rings is 1. The molecule has 0 saturated carbocycles. The van der Waals surface area contributed by atoms with Gasteiger partial charge in [0, 0.05) is 15.6 Å². The van der Waals surface area contributed by atoms with Crippen LogP contribution in [0.3, 0.4) is 0 Å². The van der Waals surface area contributed by atoms with Crippen molar-refractivity contribution >= 4 is 38.4 Å². The molecule has 2 aromatic rings. The summed E-state index contributed by atoms with van der Waals surface area (Å²) < 4.78 is 1.04. The van der Waals surface area contributed by atoms with Gasteiger partial charge < -0.3 is 0 Å². The number of aromatic nitrogens is 1. The lowest BCUT2D eigenvalue weighted by atomic mass is 10.1. The van der Waals surface area contributed by atoms with Crippen LogP contribution in [0.1, 0.15) is 24.6 Å². The fourth-order valence-electron chi connectivity index (χ4n) is 1.89. The van der Waals surface area contributed by atoms with Gasteiger partial charge in [-0.1, -0.05) is 40.9 Å². The highest BCUT2D eigenvalue weighted by Crippen LogP contribution is 2.30. The molecule has 0 atom stereocenters. The quantitative estimate of drug-likeness (QED) is 0.767. The van der Waals surface area contributed by atoms with Gasteiger partial charge in [-0.15, -0.1) is 0 Å². The van der Waals surface area contributed by atoms with Crippen molar-refractivity contribution in [2.24, 2.45) is 0 Å². The third kappa shape index (κ3) is 2.09. The SMILES string of the molecule is CCCc1c(C)nc2ccc(Br)cc2c1Cl. The van der Waals surface area contributed by atoms with Gasteiger partial charge in [-0.05, 0) is 37.1 Å². The predicted molar refractivity (Wildman–Crippen MR) is 73.2 cm³/mol. The van der Waals surface area contributed by atoms with E-state index in [2.05, 4.69) is 27.8 Å². The molecule has 0 bridgehead atoms. The zero-order valence-corrected chi connectivity index (χ0v) is 11.7. The molecule has 1 heterocycles. The molecule has 0 N–H and O–H groups in total. The van der Waals surface area contributed by atoms with E-state index in [1.165, 1.54) is 5.56 Å². The highest BCUT2D eigenvalue weighted by atomic mass is 79.9. The Morgan fingerprint density at radius 3 is 2.81 bits per heavy atom. The molecule has 2 rings (SSSR count). The van der Waals surface area contributed by atoms with E-state index in [9.17, 15) is 0 Å². The van der Waals surface area contributed by atoms with Crippen molar-refractivity contribution < 1.29 is 0 Å². The monoisotopic (exact) mass is 297 g/mol. The van der Waals surface area contributed by atoms with Gasteiger partial charge in [0.2, 0.25) is 0 Å². The lowest BCUT2D eigenvalue weighted by molar-refractivity contribution is 0.904. The molecule has 1 nitrogen and oxygen atoms in total. The molecule has 3 heteroatoms. The summed E-state index contributed by atoms with van der Waals surface area (Å²) >= 11 is 9.90. The molecular formula is C13H13BrClN. The normalized spacial score (nSPS) is 11.0. The highest BCUT2D eigenvalue weighted by molar-refractivity contribution is 9.10. The van der Waals surface area contributed by atoms with Crippen molar-refractivity contribution in [3.05, 3.63) is 39.0 Å². The number of pyridine rings is 1. The average molecular weight is 299 g/mol. The molecule has 0 aliphatic carbocycles. The molecule has 0 unspecified atom stereocenters. The molecule has 16 heavy (non-hydrogen) atoms. The maximum Gasteiger partial charge on any atom is 0.0721 e. The summed E-state index contributed by atoms with van der Waals surface area (Å²) in [7, 11) is 0. The van der Waals surface area contributed by atoms with Crippen molar-refractivity contribution in [3.8, 4) is 0 Å². The molecule has 1 aromatic carbocycles. The minimum absolute atomic E-state index is 0.852. The van der Waals surface area contributed by atoms with Crippen molar-refractivity contribution in [2.45, 2.75) is 26.7 Å². The maximum atomic E-state index is 6.44. The molecule has 0 saturated heterocycles. The van der Waals surface area contributed by atoms with Gasteiger partial charge in [-0.25, -0.2) is 0 Å². The van der Waals surface area contributed by atoms with E-state index in [0.717, 1.165) is 38.9 Å². The van der Waals surface area contributed by atoms with Gasteiger partial charge in [0.05, 0.1) is 10.5 Å². The first-order valence-electron chi connectivity index (χ1n) is 5.37. The molecule has 0 fully saturated rings. The fraction of sp³-hybridized carbons (Fsp3) is 0.308. The molecule has 0 aliphatic heterocycles. The summed E-state index contributed by atoms with van der Waals surface area (Å²) in [6.07, 6.45) is 2.07. The Balaban J connectivity index is 2.74. The third-order valence-corrected chi connectivity index (χ3v) is 3.61. The second-order valence-corrected chi connectivity index (χ2v) is 5.19. The van der Waals surface area contributed by atoms with Gasteiger partial charge in [0.15, 0.2) is 0 Å². The van der Waals surface area contributed by atoms with Gasteiger partial charge in [-0.3, -0.25) is 4.98 Å². The summed E-state index contributed by atoms with van der Waals surface area (Å²) in [5.41, 5.74) is 3.18. The third-order valence-electron chi connectivity index (χ3n) is 2.68. The Bertz CT molecular complexity index is 537. The van der Waals surface area contributed by atoms with Crippen LogP contribution < -0.4 is 0 Å². The van der Waals surface area contributed by atoms with Crippen LogP contribution in [-0.4, -0.2) is 4.98 Å². The standard InChI is InChI=1S/C13H13BrClN/c1-3-4-10-8(2)16-12-6-5-9(14)7-11(12)13(10)15/h5-7H,3-4H2,1-2H3. The minimum Gasteiger partial charge on any atom is -0.253 e. The van der Waals surface area contributed by atoms with E-state index >= 15 is 0 Å². The van der Waals surface area contributed by atoms with Crippen LogP contribution in [0.15, 0.2) is 22.7 Å². The van der Waals surface area contributed by atoms with E-state index in [0.29, 0.717) is 0 Å². The van der Waals surface area contributed by atoms with Crippen molar-refractivity contribution in [2.75, 3.05) is 0 Å². The van der Waals surface area contributed by atoms with Crippen LogP contribution in [0.4, 0.5) is 0 Å². The first-order valence-corrected chi connectivity index (χ1v) is 6.54. The number of rotatable bonds is 2. The predicted octanol–water partition coefficient (Wildman–Crippen LogP) is 4.91. The molecule has 1 aromatic heterocycles. The maximum absolute atomic E-state index is 6.44. The number of hydrogen-bond donors (Lipinski definition) is 0. The Hall–Kier alpha value is -0.600. The topological polar surface area (TPSA) is 12.9 Å². The summed E-state index contributed by atoms with van der Waals surface area (Å²) in [5.74, 6) is 0. The van der Waals surface area contributed by atoms with Crippen molar-refractivity contribution in [3.63, 3.8) is 0 Å². The second-order valence-electron chi connectivity index (χ2n) is 3.90. The van der Waals surface area contributed by atoms with E-state index in [4.69, 9.17) is 11.6 Å². The van der Waals surface area contributed by atoms with Gasteiger partial charge >= 0.3 is 0 Å². The molecule has 84 valence electrons. The van der Waals surface area contributed by atoms with Gasteiger partial charge in [0.25, 0.3) is 0 Å². The Morgan fingerprint density at radius 2 is 2.12 bits per heavy atom. The lowest BCUT2D eigenvalue weighted by Crippen LogP contribution is -1.95. The van der Waals surface area contributed by atoms with Crippen LogP contribution >= 0.6 is 27.5 Å². The van der Waals surface area contributed by atoms with E-state index in [-0.39, 0.29) is 0 Å². The number of nitrogens with zero attached hydrogens (tertiary/aromatic N) is 1. The number of fused-ring (bicyclic) bond motifs is 1. The summed E-state index contributed by atoms with van der Waals surface area (Å²) in [4.78, 5) is 4.59. The number of halogens is 2. The number of aryl methyl sites for hydroxylation is 1. The van der Waals surface area contributed by atoms with Crippen molar-refractivity contribution in [1.82, 2.24) is 4.98 Å². The zero-order chi connectivity index (χ0) is 11.7. The van der Waals surface area contributed by atoms with Crippen LogP contribution in [0.25, 0.3) is 10.9 Å². The average Bonchev–Trinajstić information content (AvgIpc) is 2.26. The lowest BCUT2D eigenvalue weighted by Gasteiger charge is -2.10. The summed E-state index contributed by atoms with van der Waals surface area (Å²) in [6, 6.07) is 6.02. The molecule has 0 amide bonds. The van der Waals surface area contributed by atoms with E-state index in [1.807, 2.05) is 25.1 Å². The first kappa shape index (κ1) is 11.9. The largest absolute Gasteiger partial charge is 0.253 e.